The first-order valence-electron chi connectivity index (χ1n) is 16.6. The zero-order valence-corrected chi connectivity index (χ0v) is 27.3. The van der Waals surface area contributed by atoms with Gasteiger partial charge in [0.05, 0.1) is 5.69 Å². The van der Waals surface area contributed by atoms with E-state index >= 15 is 0 Å². The van der Waals surface area contributed by atoms with Gasteiger partial charge in [-0.25, -0.2) is 0 Å². The van der Waals surface area contributed by atoms with Crippen molar-refractivity contribution in [2.75, 3.05) is 10.2 Å². The van der Waals surface area contributed by atoms with Gasteiger partial charge >= 0.3 is 0 Å². The molecular weight excluding hydrogens is 617 g/mol. The van der Waals surface area contributed by atoms with E-state index < -0.39 is 0 Å². The topological polar surface area (TPSA) is 28.4 Å². The van der Waals surface area contributed by atoms with Crippen LogP contribution in [0.15, 0.2) is 179 Å². The van der Waals surface area contributed by atoms with E-state index in [0.717, 1.165) is 50.1 Å². The predicted octanol–water partition coefficient (Wildman–Crippen LogP) is 13.2. The molecule has 1 atom stereocenters. The number of nitrogens with zero attached hydrogens (tertiary/aromatic N) is 1. The molecule has 3 nitrogen and oxygen atoms in total. The maximum atomic E-state index is 6.45. The van der Waals surface area contributed by atoms with Crippen LogP contribution in [0, 0.1) is 0 Å². The van der Waals surface area contributed by atoms with Crippen LogP contribution in [0.4, 0.5) is 22.7 Å². The van der Waals surface area contributed by atoms with Gasteiger partial charge in [-0.05, 0) is 75.8 Å². The molecule has 0 saturated carbocycles. The van der Waals surface area contributed by atoms with Gasteiger partial charge < -0.3 is 14.6 Å². The fraction of sp³-hybridized carbons (Fsp3) is 0.0222. The highest BCUT2D eigenvalue weighted by Gasteiger charge is 2.26. The van der Waals surface area contributed by atoms with E-state index in [2.05, 4.69) is 168 Å². The molecule has 0 bridgehead atoms. The summed E-state index contributed by atoms with van der Waals surface area (Å²) in [6, 6.07) is 60.8. The Labute approximate surface area is 288 Å². The largest absolute Gasteiger partial charge is 0.455 e. The average Bonchev–Trinajstić information content (AvgIpc) is 3.78. The molecule has 1 aliphatic heterocycles. The molecule has 10 rings (SSSR count). The lowest BCUT2D eigenvalue weighted by Gasteiger charge is -2.26. The van der Waals surface area contributed by atoms with Crippen LogP contribution >= 0.6 is 11.8 Å². The summed E-state index contributed by atoms with van der Waals surface area (Å²) in [6.45, 7) is 0. The lowest BCUT2D eigenvalue weighted by Crippen LogP contribution is -2.10. The number of fused-ring (bicyclic) bond motifs is 8. The number of para-hydroxylation sites is 3. The van der Waals surface area contributed by atoms with Crippen molar-refractivity contribution >= 4 is 78.0 Å². The van der Waals surface area contributed by atoms with E-state index in [-0.39, 0.29) is 5.37 Å². The minimum absolute atomic E-state index is 0.181. The molecule has 232 valence electrons. The molecule has 1 aromatic heterocycles. The van der Waals surface area contributed by atoms with Gasteiger partial charge in [0.15, 0.2) is 0 Å². The monoisotopic (exact) mass is 646 g/mol. The highest BCUT2D eigenvalue weighted by atomic mass is 32.2. The third-order valence-corrected chi connectivity index (χ3v) is 10.9. The Morgan fingerprint density at radius 2 is 1.22 bits per heavy atom. The van der Waals surface area contributed by atoms with Crippen molar-refractivity contribution in [1.82, 2.24) is 0 Å². The summed E-state index contributed by atoms with van der Waals surface area (Å²) in [6.07, 6.45) is 0. The lowest BCUT2D eigenvalue weighted by molar-refractivity contribution is 0.670. The van der Waals surface area contributed by atoms with E-state index in [0.29, 0.717) is 0 Å². The number of benzene rings is 8. The maximum Gasteiger partial charge on any atom is 0.143 e. The van der Waals surface area contributed by atoms with Crippen LogP contribution in [0.25, 0.3) is 54.6 Å². The van der Waals surface area contributed by atoms with E-state index in [1.165, 1.54) is 37.7 Å². The molecule has 0 aliphatic carbocycles. The van der Waals surface area contributed by atoms with Crippen LogP contribution in [-0.2, 0) is 0 Å². The van der Waals surface area contributed by atoms with Gasteiger partial charge in [0.2, 0.25) is 0 Å². The maximum absolute atomic E-state index is 6.45. The van der Waals surface area contributed by atoms with Crippen molar-refractivity contribution in [3.05, 3.63) is 175 Å². The number of rotatable bonds is 5. The molecule has 0 amide bonds. The summed E-state index contributed by atoms with van der Waals surface area (Å²) in [7, 11) is 0. The average molecular weight is 647 g/mol. The third kappa shape index (κ3) is 4.67. The summed E-state index contributed by atoms with van der Waals surface area (Å²) >= 11 is 1.89. The molecule has 0 radical (unpaired) electrons. The molecule has 49 heavy (non-hydrogen) atoms. The zero-order chi connectivity index (χ0) is 32.3. The zero-order valence-electron chi connectivity index (χ0n) is 26.5. The standard InChI is InChI=1S/C45H30N2OS/c1-3-11-31(12-4-1)45-46-43-41(49-45)26-24-30-22-21-29-23-25-35(28-39(29)42(30)43)47(33-14-5-2-6-15-33)34-16-9-13-32(27-34)36-18-10-19-38-37-17-7-8-20-40(37)48-44(36)38/h1-28,45-46H. The second-order valence-electron chi connectivity index (χ2n) is 12.6. The summed E-state index contributed by atoms with van der Waals surface area (Å²) in [5.74, 6) is 0. The van der Waals surface area contributed by atoms with Crippen molar-refractivity contribution < 1.29 is 4.42 Å². The number of furan rings is 1. The molecule has 1 aliphatic rings. The van der Waals surface area contributed by atoms with Gasteiger partial charge in [-0.2, -0.15) is 0 Å². The van der Waals surface area contributed by atoms with Crippen molar-refractivity contribution in [1.29, 1.82) is 0 Å². The SMILES string of the molecule is c1ccc(C2Nc3c(ccc4ccc5ccc(N(c6ccccc6)c6cccc(-c7cccc8c7oc7ccccc78)c6)cc5c34)S2)cc1. The molecule has 1 unspecified atom stereocenters. The smallest absolute Gasteiger partial charge is 0.143 e. The second-order valence-corrected chi connectivity index (χ2v) is 13.7. The molecule has 0 spiro atoms. The van der Waals surface area contributed by atoms with Gasteiger partial charge in [0, 0.05) is 43.7 Å². The molecular formula is C45H30N2OS. The number of hydrogen-bond acceptors (Lipinski definition) is 4. The molecule has 8 aromatic carbocycles. The van der Waals surface area contributed by atoms with Crippen LogP contribution in [0.3, 0.4) is 0 Å². The molecule has 4 heteroatoms. The summed E-state index contributed by atoms with van der Waals surface area (Å²) in [4.78, 5) is 3.64. The highest BCUT2D eigenvalue weighted by Crippen LogP contribution is 2.51. The Morgan fingerprint density at radius 3 is 2.12 bits per heavy atom. The molecule has 2 heterocycles. The quantitative estimate of drug-likeness (QED) is 0.188. The Hall–Kier alpha value is -5.97. The Balaban J connectivity index is 1.14. The summed E-state index contributed by atoms with van der Waals surface area (Å²) in [5.41, 5.74) is 9.80. The number of hydrogen-bond donors (Lipinski definition) is 1. The summed E-state index contributed by atoms with van der Waals surface area (Å²) in [5, 5.41) is 11.3. The van der Waals surface area contributed by atoms with Gasteiger partial charge in [-0.3, -0.25) is 0 Å². The van der Waals surface area contributed by atoms with Gasteiger partial charge in [-0.1, -0.05) is 133 Å². The van der Waals surface area contributed by atoms with E-state index in [1.54, 1.807) is 0 Å². The van der Waals surface area contributed by atoms with Crippen molar-refractivity contribution in [3.63, 3.8) is 0 Å². The molecule has 9 aromatic rings. The first-order valence-corrected chi connectivity index (χ1v) is 17.5. The van der Waals surface area contributed by atoms with Crippen LogP contribution in [-0.4, -0.2) is 0 Å². The highest BCUT2D eigenvalue weighted by molar-refractivity contribution is 8.00. The first kappa shape index (κ1) is 28.1. The van der Waals surface area contributed by atoms with E-state index in [9.17, 15) is 0 Å². The summed E-state index contributed by atoms with van der Waals surface area (Å²) < 4.78 is 6.45. The number of anilines is 4. The van der Waals surface area contributed by atoms with Gasteiger partial charge in [0.1, 0.15) is 16.5 Å². The number of nitrogens with one attached hydrogen (secondary N) is 1. The van der Waals surface area contributed by atoms with Crippen molar-refractivity contribution in [3.8, 4) is 11.1 Å². The van der Waals surface area contributed by atoms with Crippen LogP contribution in [0.5, 0.6) is 0 Å². The predicted molar refractivity (Wildman–Crippen MR) is 208 cm³/mol. The van der Waals surface area contributed by atoms with Crippen LogP contribution in [0.2, 0.25) is 0 Å². The first-order chi connectivity index (χ1) is 24.3. The Kier molecular flexibility index (Phi) is 6.49. The minimum atomic E-state index is 0.181. The van der Waals surface area contributed by atoms with Gasteiger partial charge in [0.25, 0.3) is 0 Å². The Morgan fingerprint density at radius 1 is 0.531 bits per heavy atom. The fourth-order valence-electron chi connectivity index (χ4n) is 7.37. The van der Waals surface area contributed by atoms with Crippen LogP contribution in [0.1, 0.15) is 10.9 Å². The van der Waals surface area contributed by atoms with Crippen molar-refractivity contribution in [2.24, 2.45) is 0 Å². The normalized spacial score (nSPS) is 14.0. The second kappa shape index (κ2) is 11.3. The Bertz CT molecular complexity index is 2680. The minimum Gasteiger partial charge on any atom is -0.455 e. The lowest BCUT2D eigenvalue weighted by atomic mass is 9.98. The van der Waals surface area contributed by atoms with E-state index in [4.69, 9.17) is 4.42 Å². The molecule has 0 saturated heterocycles. The molecule has 0 fully saturated rings. The van der Waals surface area contributed by atoms with Crippen molar-refractivity contribution in [2.45, 2.75) is 10.3 Å². The molecule has 1 N–H and O–H groups in total. The third-order valence-electron chi connectivity index (χ3n) is 9.66. The fourth-order valence-corrected chi connectivity index (χ4v) is 8.52. The van der Waals surface area contributed by atoms with E-state index in [1.807, 2.05) is 23.9 Å². The van der Waals surface area contributed by atoms with Crippen LogP contribution < -0.4 is 10.2 Å². The number of thioether (sulfide) groups is 1. The van der Waals surface area contributed by atoms with Gasteiger partial charge in [-0.15, -0.1) is 0 Å².